The van der Waals surface area contributed by atoms with Gasteiger partial charge in [0.05, 0.1) is 0 Å². The third-order valence-corrected chi connectivity index (χ3v) is 5.57. The smallest absolute Gasteiger partial charge is 0.312 e. The summed E-state index contributed by atoms with van der Waals surface area (Å²) in [6.45, 7) is 1.86. The summed E-state index contributed by atoms with van der Waals surface area (Å²) in [4.78, 5) is 39.7. The molecule has 0 saturated carbocycles. The molecule has 0 spiro atoms. The van der Waals surface area contributed by atoms with Crippen molar-refractivity contribution in [2.75, 3.05) is 38.2 Å². The highest BCUT2D eigenvalue weighted by molar-refractivity contribution is 7.98. The first kappa shape index (κ1) is 22.3. The van der Waals surface area contributed by atoms with Crippen molar-refractivity contribution in [1.82, 2.24) is 15.1 Å². The molecule has 1 saturated heterocycles. The Hall–Kier alpha value is -1.97. The summed E-state index contributed by atoms with van der Waals surface area (Å²) < 4.78 is 0. The van der Waals surface area contributed by atoms with Crippen molar-refractivity contribution in [3.8, 4) is 0 Å². The van der Waals surface area contributed by atoms with Gasteiger partial charge in [0.15, 0.2) is 0 Å². The van der Waals surface area contributed by atoms with Crippen molar-refractivity contribution < 1.29 is 14.4 Å². The van der Waals surface area contributed by atoms with Gasteiger partial charge in [-0.1, -0.05) is 23.7 Å². The molecule has 8 nitrogen and oxygen atoms in total. The third kappa shape index (κ3) is 6.02. The Kier molecular flexibility index (Phi) is 8.40. The van der Waals surface area contributed by atoms with Crippen LogP contribution in [0.15, 0.2) is 24.3 Å². The summed E-state index contributed by atoms with van der Waals surface area (Å²) in [5.74, 6) is 0.127. The van der Waals surface area contributed by atoms with Gasteiger partial charge in [0.25, 0.3) is 0 Å². The monoisotopic (exact) mass is 427 g/mol. The summed E-state index contributed by atoms with van der Waals surface area (Å²) in [7, 11) is 0. The number of piperazine rings is 1. The molecule has 5 N–H and O–H groups in total. The van der Waals surface area contributed by atoms with Gasteiger partial charge in [0.1, 0.15) is 12.1 Å². The first-order valence-electron chi connectivity index (χ1n) is 8.96. The molecule has 0 bridgehead atoms. The number of urea groups is 1. The molecule has 10 heteroatoms. The SMILES string of the molecule is CSCCC(NC(N)=O)C(=O)N1CCN(C(C(N)=O)c2ccc(Cl)cc2)CC1. The molecule has 0 aliphatic carbocycles. The van der Waals surface area contributed by atoms with Gasteiger partial charge < -0.3 is 21.7 Å². The van der Waals surface area contributed by atoms with Gasteiger partial charge in [-0.3, -0.25) is 14.5 Å². The number of nitrogens with one attached hydrogen (secondary N) is 1. The minimum absolute atomic E-state index is 0.158. The summed E-state index contributed by atoms with van der Waals surface area (Å²) in [6, 6.07) is 5.08. The number of thioether (sulfide) groups is 1. The molecular weight excluding hydrogens is 402 g/mol. The summed E-state index contributed by atoms with van der Waals surface area (Å²) in [6.07, 6.45) is 2.45. The Morgan fingerprint density at radius 3 is 2.25 bits per heavy atom. The first-order chi connectivity index (χ1) is 13.3. The number of halogens is 1. The summed E-state index contributed by atoms with van der Waals surface area (Å²) >= 11 is 7.52. The molecule has 0 aromatic heterocycles. The van der Waals surface area contributed by atoms with E-state index in [0.29, 0.717) is 37.6 Å². The highest BCUT2D eigenvalue weighted by Crippen LogP contribution is 2.24. The highest BCUT2D eigenvalue weighted by atomic mass is 35.5. The van der Waals surface area contributed by atoms with Crippen molar-refractivity contribution in [2.24, 2.45) is 11.5 Å². The molecule has 4 amide bonds. The molecule has 1 aromatic carbocycles. The standard InChI is InChI=1S/C18H26ClN5O3S/c1-28-11-6-14(22-18(21)27)17(26)24-9-7-23(8-10-24)15(16(20)25)12-2-4-13(19)5-3-12/h2-5,14-15H,6-11H2,1H3,(H2,20,25)(H3,21,22,27). The van der Waals surface area contributed by atoms with Gasteiger partial charge in [0.2, 0.25) is 11.8 Å². The molecular formula is C18H26ClN5O3S. The van der Waals surface area contributed by atoms with Gasteiger partial charge in [-0.05, 0) is 36.1 Å². The lowest BCUT2D eigenvalue weighted by atomic mass is 10.0. The van der Waals surface area contributed by atoms with Gasteiger partial charge in [0, 0.05) is 31.2 Å². The maximum Gasteiger partial charge on any atom is 0.312 e. The van der Waals surface area contributed by atoms with Crippen molar-refractivity contribution in [2.45, 2.75) is 18.5 Å². The number of primary amides is 2. The lowest BCUT2D eigenvalue weighted by molar-refractivity contribution is -0.136. The first-order valence-corrected chi connectivity index (χ1v) is 10.7. The molecule has 1 aromatic rings. The van der Waals surface area contributed by atoms with Gasteiger partial charge >= 0.3 is 6.03 Å². The van der Waals surface area contributed by atoms with Crippen LogP contribution in [0.5, 0.6) is 0 Å². The number of nitrogens with two attached hydrogens (primary N) is 2. The quantitative estimate of drug-likeness (QED) is 0.566. The van der Waals surface area contributed by atoms with Crippen LogP contribution in [0, 0.1) is 0 Å². The number of nitrogens with zero attached hydrogens (tertiary/aromatic N) is 2. The zero-order valence-corrected chi connectivity index (χ0v) is 17.3. The van der Waals surface area contributed by atoms with Crippen LogP contribution in [0.3, 0.4) is 0 Å². The van der Waals surface area contributed by atoms with Crippen LogP contribution < -0.4 is 16.8 Å². The van der Waals surface area contributed by atoms with Crippen LogP contribution in [-0.4, -0.2) is 71.9 Å². The van der Waals surface area contributed by atoms with E-state index < -0.39 is 24.0 Å². The molecule has 1 heterocycles. The maximum absolute atomic E-state index is 12.8. The molecule has 0 radical (unpaired) electrons. The van der Waals surface area contributed by atoms with Crippen LogP contribution in [-0.2, 0) is 9.59 Å². The molecule has 28 heavy (non-hydrogen) atoms. The fourth-order valence-corrected chi connectivity index (χ4v) is 3.88. The third-order valence-electron chi connectivity index (χ3n) is 4.67. The number of amides is 4. The normalized spacial score (nSPS) is 17.0. The molecule has 2 atom stereocenters. The molecule has 154 valence electrons. The van der Waals surface area contributed by atoms with E-state index in [1.807, 2.05) is 11.2 Å². The van der Waals surface area contributed by atoms with Gasteiger partial charge in [-0.25, -0.2) is 4.79 Å². The predicted molar refractivity (Wildman–Crippen MR) is 111 cm³/mol. The Morgan fingerprint density at radius 1 is 1.14 bits per heavy atom. The Labute approximate surface area is 173 Å². The van der Waals surface area contributed by atoms with Gasteiger partial charge in [-0.2, -0.15) is 11.8 Å². The van der Waals surface area contributed by atoms with Crippen molar-refractivity contribution in [3.05, 3.63) is 34.9 Å². The second kappa shape index (κ2) is 10.5. The molecule has 1 fully saturated rings. The summed E-state index contributed by atoms with van der Waals surface area (Å²) in [5.41, 5.74) is 11.6. The van der Waals surface area contributed by atoms with E-state index >= 15 is 0 Å². The van der Waals surface area contributed by atoms with E-state index in [1.165, 1.54) is 0 Å². The second-order valence-electron chi connectivity index (χ2n) is 6.56. The van der Waals surface area contributed by atoms with Crippen molar-refractivity contribution >= 4 is 41.2 Å². The zero-order chi connectivity index (χ0) is 20.7. The van der Waals surface area contributed by atoms with E-state index in [0.717, 1.165) is 11.3 Å². The Bertz CT molecular complexity index is 695. The predicted octanol–water partition coefficient (Wildman–Crippen LogP) is 0.801. The van der Waals surface area contributed by atoms with E-state index in [1.54, 1.807) is 40.9 Å². The van der Waals surface area contributed by atoms with E-state index in [4.69, 9.17) is 23.1 Å². The van der Waals surface area contributed by atoms with Crippen LogP contribution in [0.4, 0.5) is 4.79 Å². The van der Waals surface area contributed by atoms with Crippen molar-refractivity contribution in [1.29, 1.82) is 0 Å². The number of carbonyl (C=O) groups is 3. The number of hydrogen-bond acceptors (Lipinski definition) is 5. The Morgan fingerprint density at radius 2 is 1.75 bits per heavy atom. The van der Waals surface area contributed by atoms with Crippen molar-refractivity contribution in [3.63, 3.8) is 0 Å². The largest absolute Gasteiger partial charge is 0.368 e. The van der Waals surface area contributed by atoms with E-state index in [9.17, 15) is 14.4 Å². The number of benzene rings is 1. The average molecular weight is 428 g/mol. The number of rotatable bonds is 8. The summed E-state index contributed by atoms with van der Waals surface area (Å²) in [5, 5.41) is 3.11. The van der Waals surface area contributed by atoms with Crippen LogP contribution in [0.1, 0.15) is 18.0 Å². The van der Waals surface area contributed by atoms with Gasteiger partial charge in [-0.15, -0.1) is 0 Å². The molecule has 2 unspecified atom stereocenters. The average Bonchev–Trinajstić information content (AvgIpc) is 2.66. The molecule has 2 rings (SSSR count). The minimum atomic E-state index is -0.713. The Balaban J connectivity index is 2.02. The second-order valence-corrected chi connectivity index (χ2v) is 7.98. The fraction of sp³-hybridized carbons (Fsp3) is 0.500. The minimum Gasteiger partial charge on any atom is -0.368 e. The van der Waals surface area contributed by atoms with E-state index in [2.05, 4.69) is 5.32 Å². The zero-order valence-electron chi connectivity index (χ0n) is 15.8. The lowest BCUT2D eigenvalue weighted by Crippen LogP contribution is -2.57. The fourth-order valence-electron chi connectivity index (χ4n) is 3.29. The number of hydrogen-bond donors (Lipinski definition) is 3. The number of carbonyl (C=O) groups excluding carboxylic acids is 3. The van der Waals surface area contributed by atoms with Crippen LogP contribution in [0.2, 0.25) is 5.02 Å². The molecule has 1 aliphatic heterocycles. The van der Waals surface area contributed by atoms with Crippen LogP contribution in [0.25, 0.3) is 0 Å². The van der Waals surface area contributed by atoms with Crippen LogP contribution >= 0.6 is 23.4 Å². The lowest BCUT2D eigenvalue weighted by Gasteiger charge is -2.39. The molecule has 1 aliphatic rings. The highest BCUT2D eigenvalue weighted by Gasteiger charge is 2.32. The topological polar surface area (TPSA) is 122 Å². The van der Waals surface area contributed by atoms with E-state index in [-0.39, 0.29) is 5.91 Å². The maximum atomic E-state index is 12.8.